The molecule has 0 saturated heterocycles. The van der Waals surface area contributed by atoms with E-state index in [0.717, 1.165) is 11.3 Å². The van der Waals surface area contributed by atoms with Crippen LogP contribution in [-0.4, -0.2) is 6.54 Å². The van der Waals surface area contributed by atoms with Crippen molar-refractivity contribution in [3.05, 3.63) is 65.2 Å². The monoisotopic (exact) mass is 276 g/mol. The maximum absolute atomic E-state index is 14.0. The Bertz CT molecular complexity index is 584. The van der Waals surface area contributed by atoms with Gasteiger partial charge in [-0.15, -0.1) is 0 Å². The molecule has 0 aliphatic heterocycles. The Morgan fingerprint density at radius 2 is 1.90 bits per heavy atom. The van der Waals surface area contributed by atoms with Crippen LogP contribution in [0, 0.1) is 11.6 Å². The third-order valence-electron chi connectivity index (χ3n) is 3.27. The first-order valence-electron chi connectivity index (χ1n) is 6.62. The standard InChI is InChI=1S/C16H18F2N2/c1-2-20(15-5-3-4-14(17)9-15)11-13-7-6-12(10-19)8-16(13)18/h3-9H,2,10-11,19H2,1H3. The average Bonchev–Trinajstić information content (AvgIpc) is 2.46. The normalized spacial score (nSPS) is 10.6. The molecule has 0 radical (unpaired) electrons. The molecule has 0 heterocycles. The maximum Gasteiger partial charge on any atom is 0.128 e. The second-order valence-electron chi connectivity index (χ2n) is 4.62. The lowest BCUT2D eigenvalue weighted by Crippen LogP contribution is -2.22. The summed E-state index contributed by atoms with van der Waals surface area (Å²) in [6.07, 6.45) is 0. The zero-order valence-corrected chi connectivity index (χ0v) is 11.4. The summed E-state index contributed by atoms with van der Waals surface area (Å²) < 4.78 is 27.2. The molecule has 0 atom stereocenters. The molecule has 0 aliphatic rings. The van der Waals surface area contributed by atoms with Gasteiger partial charge in [-0.3, -0.25) is 0 Å². The predicted octanol–water partition coefficient (Wildman–Crippen LogP) is 3.45. The quantitative estimate of drug-likeness (QED) is 0.906. The van der Waals surface area contributed by atoms with Crippen LogP contribution in [0.3, 0.4) is 0 Å². The van der Waals surface area contributed by atoms with E-state index in [1.54, 1.807) is 12.1 Å². The van der Waals surface area contributed by atoms with Gasteiger partial charge >= 0.3 is 0 Å². The summed E-state index contributed by atoms with van der Waals surface area (Å²) in [5.41, 5.74) is 7.57. The summed E-state index contributed by atoms with van der Waals surface area (Å²) in [6, 6.07) is 11.3. The largest absolute Gasteiger partial charge is 0.367 e. The van der Waals surface area contributed by atoms with Crippen LogP contribution in [0.4, 0.5) is 14.5 Å². The number of benzene rings is 2. The minimum atomic E-state index is -0.292. The fourth-order valence-corrected chi connectivity index (χ4v) is 2.11. The molecule has 0 aliphatic carbocycles. The van der Waals surface area contributed by atoms with Gasteiger partial charge in [0.25, 0.3) is 0 Å². The van der Waals surface area contributed by atoms with E-state index in [9.17, 15) is 8.78 Å². The van der Waals surface area contributed by atoms with Crippen LogP contribution in [0.15, 0.2) is 42.5 Å². The van der Waals surface area contributed by atoms with Crippen molar-refractivity contribution in [3.63, 3.8) is 0 Å². The molecule has 0 unspecified atom stereocenters. The van der Waals surface area contributed by atoms with Gasteiger partial charge in [0.15, 0.2) is 0 Å². The van der Waals surface area contributed by atoms with E-state index in [4.69, 9.17) is 5.73 Å². The maximum atomic E-state index is 14.0. The van der Waals surface area contributed by atoms with Gasteiger partial charge in [0.2, 0.25) is 0 Å². The lowest BCUT2D eigenvalue weighted by Gasteiger charge is -2.23. The van der Waals surface area contributed by atoms with Gasteiger partial charge in [0, 0.05) is 30.9 Å². The van der Waals surface area contributed by atoms with Crippen molar-refractivity contribution in [2.24, 2.45) is 5.73 Å². The first kappa shape index (κ1) is 14.5. The van der Waals surface area contributed by atoms with E-state index in [1.807, 2.05) is 24.0 Å². The van der Waals surface area contributed by atoms with Crippen LogP contribution >= 0.6 is 0 Å². The fourth-order valence-electron chi connectivity index (χ4n) is 2.11. The van der Waals surface area contributed by atoms with Crippen molar-refractivity contribution in [2.75, 3.05) is 11.4 Å². The Kier molecular flexibility index (Phi) is 4.69. The molecule has 106 valence electrons. The van der Waals surface area contributed by atoms with E-state index < -0.39 is 0 Å². The molecule has 2 N–H and O–H groups in total. The summed E-state index contributed by atoms with van der Waals surface area (Å²) in [5, 5.41) is 0. The SMILES string of the molecule is CCN(Cc1ccc(CN)cc1F)c1cccc(F)c1. The zero-order chi connectivity index (χ0) is 14.5. The predicted molar refractivity (Wildman–Crippen MR) is 77.4 cm³/mol. The molecule has 0 bridgehead atoms. The molecule has 2 aromatic carbocycles. The van der Waals surface area contributed by atoms with E-state index in [2.05, 4.69) is 0 Å². The topological polar surface area (TPSA) is 29.3 Å². The fraction of sp³-hybridized carbons (Fsp3) is 0.250. The van der Waals surface area contributed by atoms with E-state index in [-0.39, 0.29) is 11.6 Å². The summed E-state index contributed by atoms with van der Waals surface area (Å²) in [7, 11) is 0. The van der Waals surface area contributed by atoms with Crippen molar-refractivity contribution < 1.29 is 8.78 Å². The number of halogens is 2. The van der Waals surface area contributed by atoms with E-state index in [0.29, 0.717) is 25.2 Å². The van der Waals surface area contributed by atoms with Crippen LogP contribution in [-0.2, 0) is 13.1 Å². The lowest BCUT2D eigenvalue weighted by molar-refractivity contribution is 0.602. The molecule has 0 fully saturated rings. The van der Waals surface area contributed by atoms with Gasteiger partial charge in [-0.05, 0) is 36.8 Å². The molecule has 4 heteroatoms. The Morgan fingerprint density at radius 3 is 2.50 bits per heavy atom. The summed E-state index contributed by atoms with van der Waals surface area (Å²) in [4.78, 5) is 1.92. The molecule has 0 aromatic heterocycles. The minimum absolute atomic E-state index is 0.275. The summed E-state index contributed by atoms with van der Waals surface area (Å²) >= 11 is 0. The molecule has 0 amide bonds. The van der Waals surface area contributed by atoms with Gasteiger partial charge in [-0.1, -0.05) is 18.2 Å². The average molecular weight is 276 g/mol. The van der Waals surface area contributed by atoms with E-state index in [1.165, 1.54) is 18.2 Å². The van der Waals surface area contributed by atoms with Gasteiger partial charge < -0.3 is 10.6 Å². The molecule has 0 saturated carbocycles. The van der Waals surface area contributed by atoms with E-state index >= 15 is 0 Å². The number of anilines is 1. The number of hydrogen-bond donors (Lipinski definition) is 1. The van der Waals surface area contributed by atoms with Gasteiger partial charge in [0.05, 0.1) is 0 Å². The third-order valence-corrected chi connectivity index (χ3v) is 3.27. The molecule has 2 nitrogen and oxygen atoms in total. The van der Waals surface area contributed by atoms with Crippen LogP contribution in [0.5, 0.6) is 0 Å². The van der Waals surface area contributed by atoms with Crippen molar-refractivity contribution >= 4 is 5.69 Å². The second kappa shape index (κ2) is 6.48. The number of nitrogens with zero attached hydrogens (tertiary/aromatic N) is 1. The number of nitrogens with two attached hydrogens (primary N) is 1. The summed E-state index contributed by atoms with van der Waals surface area (Å²) in [5.74, 6) is -0.567. The van der Waals surface area contributed by atoms with Crippen LogP contribution in [0.1, 0.15) is 18.1 Å². The van der Waals surface area contributed by atoms with Crippen molar-refractivity contribution in [2.45, 2.75) is 20.0 Å². The van der Waals surface area contributed by atoms with Crippen LogP contribution < -0.4 is 10.6 Å². The lowest BCUT2D eigenvalue weighted by atomic mass is 10.1. The van der Waals surface area contributed by atoms with Crippen molar-refractivity contribution in [1.82, 2.24) is 0 Å². The van der Waals surface area contributed by atoms with Crippen molar-refractivity contribution in [3.8, 4) is 0 Å². The van der Waals surface area contributed by atoms with Gasteiger partial charge in [-0.2, -0.15) is 0 Å². The highest BCUT2D eigenvalue weighted by molar-refractivity contribution is 5.47. The Balaban J connectivity index is 2.22. The number of hydrogen-bond acceptors (Lipinski definition) is 2. The highest BCUT2D eigenvalue weighted by Crippen LogP contribution is 2.20. The Morgan fingerprint density at radius 1 is 1.10 bits per heavy atom. The van der Waals surface area contributed by atoms with Gasteiger partial charge in [-0.25, -0.2) is 8.78 Å². The van der Waals surface area contributed by atoms with Crippen molar-refractivity contribution in [1.29, 1.82) is 0 Å². The molecular formula is C16H18F2N2. The second-order valence-corrected chi connectivity index (χ2v) is 4.62. The van der Waals surface area contributed by atoms with Crippen LogP contribution in [0.2, 0.25) is 0 Å². The molecule has 2 rings (SSSR count). The number of rotatable bonds is 5. The Hall–Kier alpha value is -1.94. The Labute approximate surface area is 117 Å². The first-order chi connectivity index (χ1) is 9.63. The summed E-state index contributed by atoms with van der Waals surface area (Å²) in [6.45, 7) is 3.34. The molecular weight excluding hydrogens is 258 g/mol. The molecule has 0 spiro atoms. The van der Waals surface area contributed by atoms with Gasteiger partial charge in [0.1, 0.15) is 11.6 Å². The smallest absolute Gasteiger partial charge is 0.128 e. The molecule has 2 aromatic rings. The highest BCUT2D eigenvalue weighted by atomic mass is 19.1. The minimum Gasteiger partial charge on any atom is -0.367 e. The first-order valence-corrected chi connectivity index (χ1v) is 6.62. The zero-order valence-electron chi connectivity index (χ0n) is 11.4. The third kappa shape index (κ3) is 3.33. The molecule has 20 heavy (non-hydrogen) atoms. The van der Waals surface area contributed by atoms with Crippen LogP contribution in [0.25, 0.3) is 0 Å². The highest BCUT2D eigenvalue weighted by Gasteiger charge is 2.10.